The number of benzene rings is 1. The van der Waals surface area contributed by atoms with E-state index >= 15 is 0 Å². The van der Waals surface area contributed by atoms with E-state index in [-0.39, 0.29) is 18.6 Å². The zero-order chi connectivity index (χ0) is 14.5. The molecule has 0 aliphatic rings. The van der Waals surface area contributed by atoms with E-state index in [0.717, 1.165) is 5.52 Å². The highest BCUT2D eigenvalue weighted by molar-refractivity contribution is 5.91. The standard InChI is InChI=1S/C14H19N3O3/c1-9(5-6-18)8-15-14(19)17-11-3-4-12-13(7-11)20-10(2)16-12/h3-4,7,9,18H,5-6,8H2,1-2H3,(H2,15,17,19). The van der Waals surface area contributed by atoms with Gasteiger partial charge in [0.15, 0.2) is 11.5 Å². The molecule has 1 aromatic heterocycles. The average Bonchev–Trinajstić information content (AvgIpc) is 2.76. The minimum atomic E-state index is -0.273. The Hall–Kier alpha value is -2.08. The van der Waals surface area contributed by atoms with Gasteiger partial charge in [-0.25, -0.2) is 9.78 Å². The quantitative estimate of drug-likeness (QED) is 0.782. The number of aromatic nitrogens is 1. The number of aryl methyl sites for hydroxylation is 1. The number of nitrogens with one attached hydrogen (secondary N) is 2. The molecule has 3 N–H and O–H groups in total. The van der Waals surface area contributed by atoms with Crippen LogP contribution in [0.3, 0.4) is 0 Å². The van der Waals surface area contributed by atoms with Gasteiger partial charge >= 0.3 is 6.03 Å². The highest BCUT2D eigenvalue weighted by Gasteiger charge is 2.07. The molecule has 0 spiro atoms. The second-order valence-electron chi connectivity index (χ2n) is 4.87. The molecule has 20 heavy (non-hydrogen) atoms. The van der Waals surface area contributed by atoms with Gasteiger partial charge in [-0.2, -0.15) is 0 Å². The van der Waals surface area contributed by atoms with E-state index in [1.54, 1.807) is 25.1 Å². The lowest BCUT2D eigenvalue weighted by Crippen LogP contribution is -2.32. The largest absolute Gasteiger partial charge is 0.441 e. The molecule has 2 aromatic rings. The molecule has 2 amide bonds. The predicted octanol–water partition coefficient (Wildman–Crippen LogP) is 2.28. The van der Waals surface area contributed by atoms with Crippen molar-refractivity contribution in [2.24, 2.45) is 5.92 Å². The van der Waals surface area contributed by atoms with Crippen LogP contribution < -0.4 is 10.6 Å². The van der Waals surface area contributed by atoms with Crippen LogP contribution in [-0.2, 0) is 0 Å². The van der Waals surface area contributed by atoms with Crippen LogP contribution in [0.4, 0.5) is 10.5 Å². The third-order valence-corrected chi connectivity index (χ3v) is 2.99. The summed E-state index contributed by atoms with van der Waals surface area (Å²) in [6.45, 7) is 4.41. The molecule has 6 nitrogen and oxygen atoms in total. The van der Waals surface area contributed by atoms with Gasteiger partial charge in [0.05, 0.1) is 0 Å². The summed E-state index contributed by atoms with van der Waals surface area (Å²) in [5, 5.41) is 14.3. The summed E-state index contributed by atoms with van der Waals surface area (Å²) >= 11 is 0. The summed E-state index contributed by atoms with van der Waals surface area (Å²) in [5.74, 6) is 0.838. The van der Waals surface area contributed by atoms with Crippen LogP contribution in [0.1, 0.15) is 19.2 Å². The summed E-state index contributed by atoms with van der Waals surface area (Å²) < 4.78 is 5.41. The zero-order valence-electron chi connectivity index (χ0n) is 11.6. The third kappa shape index (κ3) is 3.71. The molecule has 0 aliphatic carbocycles. The number of carbonyl (C=O) groups is 1. The van der Waals surface area contributed by atoms with Crippen LogP contribution in [0.5, 0.6) is 0 Å². The Morgan fingerprint density at radius 3 is 3.05 bits per heavy atom. The Morgan fingerprint density at radius 1 is 1.50 bits per heavy atom. The highest BCUT2D eigenvalue weighted by Crippen LogP contribution is 2.19. The van der Waals surface area contributed by atoms with Gasteiger partial charge in [-0.15, -0.1) is 0 Å². The Bertz CT molecular complexity index is 594. The fraction of sp³-hybridized carbons (Fsp3) is 0.429. The number of carbonyl (C=O) groups excluding carboxylic acids is 1. The number of oxazole rings is 1. The molecule has 1 aromatic carbocycles. The number of amides is 2. The number of rotatable bonds is 5. The van der Waals surface area contributed by atoms with Gasteiger partial charge in [-0.05, 0) is 24.5 Å². The number of anilines is 1. The predicted molar refractivity (Wildman–Crippen MR) is 76.6 cm³/mol. The first kappa shape index (κ1) is 14.3. The average molecular weight is 277 g/mol. The summed E-state index contributed by atoms with van der Waals surface area (Å²) in [6.07, 6.45) is 0.670. The molecule has 0 saturated heterocycles. The smallest absolute Gasteiger partial charge is 0.319 e. The van der Waals surface area contributed by atoms with Crippen molar-refractivity contribution in [3.05, 3.63) is 24.1 Å². The first-order valence-corrected chi connectivity index (χ1v) is 6.61. The molecule has 0 fully saturated rings. The van der Waals surface area contributed by atoms with Gasteiger partial charge in [-0.3, -0.25) is 0 Å². The number of aliphatic hydroxyl groups is 1. The minimum absolute atomic E-state index is 0.131. The first-order valence-electron chi connectivity index (χ1n) is 6.61. The van der Waals surface area contributed by atoms with Crippen molar-refractivity contribution in [2.45, 2.75) is 20.3 Å². The van der Waals surface area contributed by atoms with E-state index in [2.05, 4.69) is 15.6 Å². The number of hydrogen-bond acceptors (Lipinski definition) is 4. The number of nitrogens with zero attached hydrogens (tertiary/aromatic N) is 1. The zero-order valence-corrected chi connectivity index (χ0v) is 11.6. The third-order valence-electron chi connectivity index (χ3n) is 2.99. The van der Waals surface area contributed by atoms with Crippen molar-refractivity contribution >= 4 is 22.8 Å². The Kier molecular flexibility index (Phi) is 4.57. The lowest BCUT2D eigenvalue weighted by molar-refractivity contribution is 0.243. The number of aliphatic hydroxyl groups excluding tert-OH is 1. The van der Waals surface area contributed by atoms with Crippen molar-refractivity contribution in [1.82, 2.24) is 10.3 Å². The molecule has 1 heterocycles. The van der Waals surface area contributed by atoms with E-state index < -0.39 is 0 Å². The van der Waals surface area contributed by atoms with Crippen molar-refractivity contribution in [2.75, 3.05) is 18.5 Å². The van der Waals surface area contributed by atoms with Crippen LogP contribution in [0.25, 0.3) is 11.1 Å². The summed E-state index contributed by atoms with van der Waals surface area (Å²) in [7, 11) is 0. The highest BCUT2D eigenvalue weighted by atomic mass is 16.3. The van der Waals surface area contributed by atoms with E-state index in [1.165, 1.54) is 0 Å². The molecular formula is C14H19N3O3. The van der Waals surface area contributed by atoms with E-state index in [4.69, 9.17) is 9.52 Å². The molecule has 2 rings (SSSR count). The van der Waals surface area contributed by atoms with Crippen LogP contribution in [0.15, 0.2) is 22.6 Å². The summed E-state index contributed by atoms with van der Waals surface area (Å²) in [6, 6.07) is 5.05. The lowest BCUT2D eigenvalue weighted by atomic mass is 10.1. The molecule has 0 saturated carbocycles. The Labute approximate surface area is 117 Å². The van der Waals surface area contributed by atoms with Gasteiger partial charge in [-0.1, -0.05) is 6.92 Å². The first-order chi connectivity index (χ1) is 9.58. The minimum Gasteiger partial charge on any atom is -0.441 e. The van der Waals surface area contributed by atoms with Crippen LogP contribution in [-0.4, -0.2) is 29.3 Å². The van der Waals surface area contributed by atoms with Gasteiger partial charge in [0.1, 0.15) is 5.52 Å². The second kappa shape index (κ2) is 6.38. The molecule has 0 bridgehead atoms. The van der Waals surface area contributed by atoms with Crippen LogP contribution >= 0.6 is 0 Å². The number of fused-ring (bicyclic) bond motifs is 1. The maximum Gasteiger partial charge on any atom is 0.319 e. The van der Waals surface area contributed by atoms with Gasteiger partial charge in [0, 0.05) is 31.8 Å². The molecule has 0 aliphatic heterocycles. The Morgan fingerprint density at radius 2 is 2.30 bits per heavy atom. The molecule has 1 atom stereocenters. The monoisotopic (exact) mass is 277 g/mol. The summed E-state index contributed by atoms with van der Waals surface area (Å²) in [5.41, 5.74) is 2.07. The van der Waals surface area contributed by atoms with Gasteiger partial charge in [0.2, 0.25) is 0 Å². The topological polar surface area (TPSA) is 87.4 Å². The van der Waals surface area contributed by atoms with Crippen molar-refractivity contribution in [3.8, 4) is 0 Å². The molecule has 0 radical (unpaired) electrons. The second-order valence-corrected chi connectivity index (χ2v) is 4.87. The normalized spacial score (nSPS) is 12.3. The van der Waals surface area contributed by atoms with Crippen molar-refractivity contribution < 1.29 is 14.3 Å². The van der Waals surface area contributed by atoms with E-state index in [0.29, 0.717) is 30.1 Å². The lowest BCUT2D eigenvalue weighted by Gasteiger charge is -2.11. The fourth-order valence-corrected chi connectivity index (χ4v) is 1.88. The van der Waals surface area contributed by atoms with Gasteiger partial charge < -0.3 is 20.2 Å². The molecule has 1 unspecified atom stereocenters. The SMILES string of the molecule is Cc1nc2ccc(NC(=O)NCC(C)CCO)cc2o1. The fourth-order valence-electron chi connectivity index (χ4n) is 1.88. The maximum absolute atomic E-state index is 11.7. The number of urea groups is 1. The van der Waals surface area contributed by atoms with Crippen molar-refractivity contribution in [3.63, 3.8) is 0 Å². The molecule has 108 valence electrons. The molecule has 6 heteroatoms. The molecular weight excluding hydrogens is 258 g/mol. The maximum atomic E-state index is 11.7. The van der Waals surface area contributed by atoms with E-state index in [9.17, 15) is 4.79 Å². The van der Waals surface area contributed by atoms with Crippen molar-refractivity contribution in [1.29, 1.82) is 0 Å². The number of hydrogen-bond donors (Lipinski definition) is 3. The van der Waals surface area contributed by atoms with Gasteiger partial charge in [0.25, 0.3) is 0 Å². The Balaban J connectivity index is 1.92. The van der Waals surface area contributed by atoms with Crippen LogP contribution in [0, 0.1) is 12.8 Å². The van der Waals surface area contributed by atoms with E-state index in [1.807, 2.05) is 6.92 Å². The van der Waals surface area contributed by atoms with Crippen LogP contribution in [0.2, 0.25) is 0 Å². The summed E-state index contributed by atoms with van der Waals surface area (Å²) in [4.78, 5) is 15.9.